The van der Waals surface area contributed by atoms with Crippen molar-refractivity contribution in [2.45, 2.75) is 31.7 Å². The van der Waals surface area contributed by atoms with Crippen molar-refractivity contribution < 1.29 is 18.7 Å². The zero-order chi connectivity index (χ0) is 17.8. The molecule has 0 radical (unpaired) electrons. The molecular weight excluding hydrogens is 323 g/mol. The van der Waals surface area contributed by atoms with Crippen LogP contribution in [0.25, 0.3) is 0 Å². The van der Waals surface area contributed by atoms with E-state index >= 15 is 0 Å². The maximum Gasteiger partial charge on any atom is 0.228 e. The van der Waals surface area contributed by atoms with Gasteiger partial charge < -0.3 is 14.5 Å². The van der Waals surface area contributed by atoms with Crippen LogP contribution in [-0.2, 0) is 14.3 Å². The molecular formula is C19H25FN2O3. The minimum Gasteiger partial charge on any atom is -0.383 e. The number of halogens is 1. The molecule has 2 aliphatic heterocycles. The lowest BCUT2D eigenvalue weighted by molar-refractivity contribution is -0.148. The van der Waals surface area contributed by atoms with Crippen LogP contribution in [0.15, 0.2) is 24.3 Å². The van der Waals surface area contributed by atoms with Crippen LogP contribution in [0.4, 0.5) is 4.39 Å². The zero-order valence-electron chi connectivity index (χ0n) is 14.6. The molecule has 2 saturated heterocycles. The Morgan fingerprint density at radius 3 is 2.68 bits per heavy atom. The Morgan fingerprint density at radius 2 is 2.00 bits per heavy atom. The lowest BCUT2D eigenvalue weighted by Crippen LogP contribution is -2.49. The highest BCUT2D eigenvalue weighted by Crippen LogP contribution is 2.39. The van der Waals surface area contributed by atoms with Crippen LogP contribution < -0.4 is 0 Å². The lowest BCUT2D eigenvalue weighted by atomic mass is 9.83. The third-order valence-electron chi connectivity index (χ3n) is 5.20. The van der Waals surface area contributed by atoms with E-state index in [1.54, 1.807) is 30.2 Å². The molecule has 0 bridgehead atoms. The third-order valence-corrected chi connectivity index (χ3v) is 5.20. The van der Waals surface area contributed by atoms with E-state index in [0.29, 0.717) is 31.6 Å². The summed E-state index contributed by atoms with van der Waals surface area (Å²) >= 11 is 0. The summed E-state index contributed by atoms with van der Waals surface area (Å²) in [5.41, 5.74) is 0.421. The molecule has 25 heavy (non-hydrogen) atoms. The van der Waals surface area contributed by atoms with Crippen LogP contribution in [0.2, 0.25) is 0 Å². The van der Waals surface area contributed by atoms with Crippen molar-refractivity contribution in [1.82, 2.24) is 9.80 Å². The number of amides is 2. The van der Waals surface area contributed by atoms with E-state index in [4.69, 9.17) is 4.74 Å². The van der Waals surface area contributed by atoms with E-state index in [9.17, 15) is 14.0 Å². The van der Waals surface area contributed by atoms with Gasteiger partial charge in [-0.3, -0.25) is 9.59 Å². The van der Waals surface area contributed by atoms with E-state index in [2.05, 4.69) is 0 Å². The van der Waals surface area contributed by atoms with Crippen LogP contribution in [0.1, 0.15) is 37.3 Å². The van der Waals surface area contributed by atoms with Crippen molar-refractivity contribution in [2.24, 2.45) is 5.92 Å². The van der Waals surface area contributed by atoms with Crippen LogP contribution in [-0.4, -0.2) is 55.0 Å². The monoisotopic (exact) mass is 348 g/mol. The Kier molecular flexibility index (Phi) is 5.68. The molecule has 2 aliphatic rings. The van der Waals surface area contributed by atoms with Crippen molar-refractivity contribution in [3.8, 4) is 0 Å². The molecule has 5 nitrogen and oxygen atoms in total. The molecule has 0 saturated carbocycles. The molecule has 2 heterocycles. The first-order valence-electron chi connectivity index (χ1n) is 8.95. The first-order chi connectivity index (χ1) is 12.1. The van der Waals surface area contributed by atoms with Gasteiger partial charge in [-0.25, -0.2) is 4.39 Å². The van der Waals surface area contributed by atoms with Crippen LogP contribution in [0, 0.1) is 11.7 Å². The molecule has 0 spiro atoms. The molecule has 3 rings (SSSR count). The van der Waals surface area contributed by atoms with Gasteiger partial charge >= 0.3 is 0 Å². The van der Waals surface area contributed by atoms with Gasteiger partial charge in [0.25, 0.3) is 0 Å². The predicted octanol–water partition coefficient (Wildman–Crippen LogP) is 2.37. The average Bonchev–Trinajstić information content (AvgIpc) is 3.15. The van der Waals surface area contributed by atoms with E-state index < -0.39 is 12.0 Å². The van der Waals surface area contributed by atoms with Gasteiger partial charge in [-0.15, -0.1) is 0 Å². The summed E-state index contributed by atoms with van der Waals surface area (Å²) in [4.78, 5) is 29.1. The molecule has 1 aromatic carbocycles. The van der Waals surface area contributed by atoms with E-state index in [1.165, 1.54) is 6.07 Å². The molecule has 1 aromatic rings. The fraction of sp³-hybridized carbons (Fsp3) is 0.579. The summed E-state index contributed by atoms with van der Waals surface area (Å²) in [5.74, 6) is -0.773. The van der Waals surface area contributed by atoms with E-state index in [0.717, 1.165) is 25.9 Å². The van der Waals surface area contributed by atoms with Gasteiger partial charge in [-0.05, 0) is 25.3 Å². The number of piperidine rings is 1. The molecule has 2 fully saturated rings. The number of hydrogen-bond acceptors (Lipinski definition) is 3. The van der Waals surface area contributed by atoms with Crippen molar-refractivity contribution in [3.05, 3.63) is 35.6 Å². The van der Waals surface area contributed by atoms with Gasteiger partial charge in [-0.1, -0.05) is 18.2 Å². The molecule has 0 aliphatic carbocycles. The molecule has 6 heteroatoms. The maximum absolute atomic E-state index is 14.5. The van der Waals surface area contributed by atoms with Gasteiger partial charge in [0, 0.05) is 38.7 Å². The number of hydrogen-bond donors (Lipinski definition) is 0. The third kappa shape index (κ3) is 3.68. The number of carbonyl (C=O) groups excluding carboxylic acids is 2. The molecule has 2 atom stereocenters. The fourth-order valence-corrected chi connectivity index (χ4v) is 3.94. The number of likely N-dealkylation sites (tertiary alicyclic amines) is 2. The van der Waals surface area contributed by atoms with Crippen LogP contribution in [0.3, 0.4) is 0 Å². The second-order valence-corrected chi connectivity index (χ2v) is 6.72. The Bertz CT molecular complexity index is 631. The average molecular weight is 348 g/mol. The zero-order valence-corrected chi connectivity index (χ0v) is 14.6. The lowest BCUT2D eigenvalue weighted by Gasteiger charge is -2.42. The van der Waals surface area contributed by atoms with E-state index in [1.807, 2.05) is 4.90 Å². The maximum atomic E-state index is 14.5. The molecule has 0 aromatic heterocycles. The number of rotatable bonds is 5. The SMILES string of the molecule is COCCN1C(=O)CC[C@@H](C(=O)N2CCCC2)[C@@H]1c1ccccc1F. The molecule has 136 valence electrons. The largest absolute Gasteiger partial charge is 0.383 e. The summed E-state index contributed by atoms with van der Waals surface area (Å²) in [6, 6.07) is 5.89. The summed E-state index contributed by atoms with van der Waals surface area (Å²) in [7, 11) is 1.57. The Hall–Kier alpha value is -1.95. The standard InChI is InChI=1S/C19H25FN2O3/c1-25-13-12-22-17(23)9-8-15(19(24)21-10-4-5-11-21)18(22)14-6-2-3-7-16(14)20/h2-3,6-7,15,18H,4-5,8-13H2,1H3/t15-,18+/m1/s1. The highest BCUT2D eigenvalue weighted by molar-refractivity contribution is 5.85. The van der Waals surface area contributed by atoms with Crippen molar-refractivity contribution in [3.63, 3.8) is 0 Å². The molecule has 0 N–H and O–H groups in total. The molecule has 0 unspecified atom stereocenters. The van der Waals surface area contributed by atoms with Crippen molar-refractivity contribution in [1.29, 1.82) is 0 Å². The number of nitrogens with zero attached hydrogens (tertiary/aromatic N) is 2. The first-order valence-corrected chi connectivity index (χ1v) is 8.95. The molecule has 2 amide bonds. The van der Waals surface area contributed by atoms with Crippen molar-refractivity contribution >= 4 is 11.8 Å². The van der Waals surface area contributed by atoms with Gasteiger partial charge in [0.05, 0.1) is 18.6 Å². The quantitative estimate of drug-likeness (QED) is 0.821. The van der Waals surface area contributed by atoms with Gasteiger partial charge in [0.15, 0.2) is 0 Å². The number of benzene rings is 1. The van der Waals surface area contributed by atoms with Crippen LogP contribution in [0.5, 0.6) is 0 Å². The van der Waals surface area contributed by atoms with Gasteiger partial charge in [-0.2, -0.15) is 0 Å². The first kappa shape index (κ1) is 17.9. The summed E-state index contributed by atoms with van der Waals surface area (Å²) < 4.78 is 19.6. The van der Waals surface area contributed by atoms with Crippen molar-refractivity contribution in [2.75, 3.05) is 33.4 Å². The minimum absolute atomic E-state index is 0.0423. The second kappa shape index (κ2) is 7.95. The predicted molar refractivity (Wildman–Crippen MR) is 91.3 cm³/mol. The number of ether oxygens (including phenoxy) is 1. The number of carbonyl (C=O) groups is 2. The Balaban J connectivity index is 1.95. The summed E-state index contributed by atoms with van der Waals surface area (Å²) in [5, 5.41) is 0. The van der Waals surface area contributed by atoms with Gasteiger partial charge in [0.2, 0.25) is 11.8 Å². The van der Waals surface area contributed by atoms with E-state index in [-0.39, 0.29) is 17.6 Å². The second-order valence-electron chi connectivity index (χ2n) is 6.72. The smallest absolute Gasteiger partial charge is 0.228 e. The normalized spacial score (nSPS) is 24.0. The Morgan fingerprint density at radius 1 is 1.28 bits per heavy atom. The highest BCUT2D eigenvalue weighted by atomic mass is 19.1. The number of methoxy groups -OCH3 is 1. The van der Waals surface area contributed by atoms with Crippen LogP contribution >= 0.6 is 0 Å². The van der Waals surface area contributed by atoms with Gasteiger partial charge in [0.1, 0.15) is 5.82 Å². The topological polar surface area (TPSA) is 49.9 Å². The highest BCUT2D eigenvalue weighted by Gasteiger charge is 2.43. The Labute approximate surface area is 147 Å². The minimum atomic E-state index is -0.564. The summed E-state index contributed by atoms with van der Waals surface area (Å²) in [6.45, 7) is 2.23. The summed E-state index contributed by atoms with van der Waals surface area (Å²) in [6.07, 6.45) is 2.81. The fourth-order valence-electron chi connectivity index (χ4n) is 3.94.